The number of fused-ring (bicyclic) bond motifs is 7. The van der Waals surface area contributed by atoms with Gasteiger partial charge >= 0.3 is 0 Å². The van der Waals surface area contributed by atoms with Gasteiger partial charge in [-0.15, -0.1) is 0 Å². The van der Waals surface area contributed by atoms with Gasteiger partial charge in [-0.2, -0.15) is 0 Å². The van der Waals surface area contributed by atoms with Crippen molar-refractivity contribution in [2.75, 3.05) is 0 Å². The predicted molar refractivity (Wildman–Crippen MR) is 277 cm³/mol. The van der Waals surface area contributed by atoms with E-state index in [1.54, 1.807) is 0 Å². The summed E-state index contributed by atoms with van der Waals surface area (Å²) < 4.78 is 9.42. The standard InChI is InChI=1S/C62H39N5O/c1-6-19-40(20-7-1)44-33-34-47(41-21-8-2-9-22-41)52(37-44)45-38-53(62-65-60(42-23-10-3-11-24-42)64-61(66-62)43-25-12-4-13-26-43)57(63-39-45)51-31-18-30-50-56-55(68-59(50)51)36-35-49-48-29-16-17-32-54(48)67(58(49)56)46-27-14-5-15-28-46/h1-39H. The zero-order valence-corrected chi connectivity index (χ0v) is 36.7. The summed E-state index contributed by atoms with van der Waals surface area (Å²) in [6.07, 6.45) is 1.99. The Morgan fingerprint density at radius 2 is 0.926 bits per heavy atom. The van der Waals surface area contributed by atoms with E-state index in [0.29, 0.717) is 23.2 Å². The van der Waals surface area contributed by atoms with Gasteiger partial charge in [-0.3, -0.25) is 4.98 Å². The Labute approximate surface area is 392 Å². The first-order valence-corrected chi connectivity index (χ1v) is 22.8. The lowest BCUT2D eigenvalue weighted by Crippen LogP contribution is -2.02. The molecule has 13 aromatic rings. The molecule has 0 bridgehead atoms. The van der Waals surface area contributed by atoms with Crippen molar-refractivity contribution in [3.63, 3.8) is 0 Å². The monoisotopic (exact) mass is 869 g/mol. The van der Waals surface area contributed by atoms with E-state index in [2.05, 4.69) is 168 Å². The van der Waals surface area contributed by atoms with Crippen LogP contribution >= 0.6 is 0 Å². The smallest absolute Gasteiger partial charge is 0.166 e. The molecule has 4 aromatic heterocycles. The van der Waals surface area contributed by atoms with E-state index < -0.39 is 0 Å². The Morgan fingerprint density at radius 1 is 0.353 bits per heavy atom. The van der Waals surface area contributed by atoms with E-state index in [9.17, 15) is 0 Å². The summed E-state index contributed by atoms with van der Waals surface area (Å²) in [5, 5.41) is 4.38. The third-order valence-electron chi connectivity index (χ3n) is 12.9. The summed E-state index contributed by atoms with van der Waals surface area (Å²) in [6, 6.07) is 80.0. The summed E-state index contributed by atoms with van der Waals surface area (Å²) in [6.45, 7) is 0. The SMILES string of the molecule is c1ccc(-c2ccc(-c3ccccc3)c(-c3cnc(-c4cccc5c4oc4ccc6c7ccccc7n(-c7ccccc7)c6c45)c(-c4nc(-c5ccccc5)nc(-c5ccccc5)n4)c3)c2)cc1. The largest absolute Gasteiger partial charge is 0.455 e. The van der Waals surface area contributed by atoms with Crippen molar-refractivity contribution in [1.29, 1.82) is 0 Å². The van der Waals surface area contributed by atoms with Crippen molar-refractivity contribution in [2.24, 2.45) is 0 Å². The molecule has 0 aliphatic carbocycles. The molecule has 13 rings (SSSR count). The van der Waals surface area contributed by atoms with Gasteiger partial charge in [0.2, 0.25) is 0 Å². The molecule has 68 heavy (non-hydrogen) atoms. The van der Waals surface area contributed by atoms with Crippen LogP contribution in [0.2, 0.25) is 0 Å². The molecule has 4 heterocycles. The quantitative estimate of drug-likeness (QED) is 0.152. The highest BCUT2D eigenvalue weighted by Crippen LogP contribution is 2.45. The number of para-hydroxylation sites is 3. The van der Waals surface area contributed by atoms with Crippen LogP contribution in [0.15, 0.2) is 241 Å². The van der Waals surface area contributed by atoms with E-state index in [0.717, 1.165) is 99.7 Å². The Bertz CT molecular complexity index is 3940. The zero-order valence-electron chi connectivity index (χ0n) is 36.7. The fourth-order valence-electron chi connectivity index (χ4n) is 9.76. The Balaban J connectivity index is 1.10. The second-order valence-corrected chi connectivity index (χ2v) is 17.0. The average Bonchev–Trinajstić information content (AvgIpc) is 3.98. The number of hydrogen-bond acceptors (Lipinski definition) is 5. The van der Waals surface area contributed by atoms with Crippen molar-refractivity contribution in [3.05, 3.63) is 237 Å². The van der Waals surface area contributed by atoms with Crippen LogP contribution in [0.3, 0.4) is 0 Å². The highest BCUT2D eigenvalue weighted by atomic mass is 16.3. The molecule has 9 aromatic carbocycles. The Kier molecular flexibility index (Phi) is 9.39. The molecule has 0 spiro atoms. The van der Waals surface area contributed by atoms with Gasteiger partial charge in [0, 0.05) is 55.9 Å². The van der Waals surface area contributed by atoms with Gasteiger partial charge in [-0.05, 0) is 76.3 Å². The maximum absolute atomic E-state index is 7.06. The van der Waals surface area contributed by atoms with Gasteiger partial charge in [-0.1, -0.05) is 182 Å². The fraction of sp³-hybridized carbons (Fsp3) is 0. The Morgan fingerprint density at radius 3 is 1.62 bits per heavy atom. The first-order valence-electron chi connectivity index (χ1n) is 22.8. The minimum Gasteiger partial charge on any atom is -0.455 e. The molecule has 6 heteroatoms. The molecule has 0 aliphatic heterocycles. The molecular weight excluding hydrogens is 831 g/mol. The molecular formula is C62H39N5O. The number of nitrogens with zero attached hydrogens (tertiary/aromatic N) is 5. The lowest BCUT2D eigenvalue weighted by Gasteiger charge is -2.16. The minimum atomic E-state index is 0.502. The maximum atomic E-state index is 7.06. The summed E-state index contributed by atoms with van der Waals surface area (Å²) in [5.41, 5.74) is 15.3. The third kappa shape index (κ3) is 6.66. The van der Waals surface area contributed by atoms with Crippen LogP contribution in [-0.4, -0.2) is 24.5 Å². The minimum absolute atomic E-state index is 0.502. The summed E-state index contributed by atoms with van der Waals surface area (Å²) in [7, 11) is 0. The molecule has 0 saturated carbocycles. The lowest BCUT2D eigenvalue weighted by molar-refractivity contribution is 0.670. The molecule has 318 valence electrons. The molecule has 0 unspecified atom stereocenters. The molecule has 0 amide bonds. The second-order valence-electron chi connectivity index (χ2n) is 17.0. The number of hydrogen-bond donors (Lipinski definition) is 0. The molecule has 0 aliphatic rings. The van der Waals surface area contributed by atoms with Crippen LogP contribution in [0.25, 0.3) is 128 Å². The van der Waals surface area contributed by atoms with Crippen LogP contribution in [0, 0.1) is 0 Å². The van der Waals surface area contributed by atoms with Crippen LogP contribution in [0.1, 0.15) is 0 Å². The van der Waals surface area contributed by atoms with E-state index in [-0.39, 0.29) is 0 Å². The second kappa shape index (κ2) is 16.3. The van der Waals surface area contributed by atoms with E-state index in [1.165, 1.54) is 5.39 Å². The van der Waals surface area contributed by atoms with Gasteiger partial charge in [0.15, 0.2) is 17.5 Å². The normalized spacial score (nSPS) is 11.5. The fourth-order valence-corrected chi connectivity index (χ4v) is 9.76. The number of aromatic nitrogens is 5. The van der Waals surface area contributed by atoms with E-state index in [1.807, 2.05) is 72.9 Å². The van der Waals surface area contributed by atoms with Gasteiger partial charge in [0.1, 0.15) is 11.2 Å². The summed E-state index contributed by atoms with van der Waals surface area (Å²) >= 11 is 0. The van der Waals surface area contributed by atoms with Crippen molar-refractivity contribution >= 4 is 43.7 Å². The third-order valence-corrected chi connectivity index (χ3v) is 12.9. The first-order chi connectivity index (χ1) is 33.7. The molecule has 0 saturated heterocycles. The van der Waals surface area contributed by atoms with Crippen LogP contribution in [-0.2, 0) is 0 Å². The topological polar surface area (TPSA) is 69.6 Å². The Hall–Kier alpha value is -9.26. The lowest BCUT2D eigenvalue weighted by atomic mass is 9.90. The molecule has 0 atom stereocenters. The van der Waals surface area contributed by atoms with Gasteiger partial charge in [0.05, 0.1) is 22.1 Å². The van der Waals surface area contributed by atoms with Crippen molar-refractivity contribution in [1.82, 2.24) is 24.5 Å². The van der Waals surface area contributed by atoms with E-state index >= 15 is 0 Å². The molecule has 0 fully saturated rings. The number of rotatable bonds is 8. The predicted octanol–water partition coefficient (Wildman–Crippen LogP) is 15.9. The van der Waals surface area contributed by atoms with Crippen molar-refractivity contribution in [2.45, 2.75) is 0 Å². The number of furan rings is 1. The van der Waals surface area contributed by atoms with Crippen molar-refractivity contribution in [3.8, 4) is 84.5 Å². The highest BCUT2D eigenvalue weighted by molar-refractivity contribution is 6.25. The summed E-state index contributed by atoms with van der Waals surface area (Å²) in [4.78, 5) is 21.1. The summed E-state index contributed by atoms with van der Waals surface area (Å²) in [5.74, 6) is 1.64. The highest BCUT2D eigenvalue weighted by Gasteiger charge is 2.25. The van der Waals surface area contributed by atoms with Gasteiger partial charge in [0.25, 0.3) is 0 Å². The maximum Gasteiger partial charge on any atom is 0.166 e. The van der Waals surface area contributed by atoms with Crippen molar-refractivity contribution < 1.29 is 4.42 Å². The average molecular weight is 870 g/mol. The molecule has 0 radical (unpaired) electrons. The first kappa shape index (κ1) is 39.1. The zero-order chi connectivity index (χ0) is 45.0. The van der Waals surface area contributed by atoms with Crippen LogP contribution in [0.4, 0.5) is 0 Å². The number of pyridine rings is 1. The van der Waals surface area contributed by atoms with Crippen LogP contribution < -0.4 is 0 Å². The van der Waals surface area contributed by atoms with E-state index in [4.69, 9.17) is 24.4 Å². The van der Waals surface area contributed by atoms with Gasteiger partial charge in [-0.25, -0.2) is 15.0 Å². The molecule has 0 N–H and O–H groups in total. The van der Waals surface area contributed by atoms with Crippen LogP contribution in [0.5, 0.6) is 0 Å². The number of benzene rings is 9. The molecule has 6 nitrogen and oxygen atoms in total. The van der Waals surface area contributed by atoms with Gasteiger partial charge < -0.3 is 8.98 Å².